The van der Waals surface area contributed by atoms with Crippen LogP contribution in [0.5, 0.6) is 0 Å². The van der Waals surface area contributed by atoms with Gasteiger partial charge in [0.1, 0.15) is 11.6 Å². The van der Waals surface area contributed by atoms with Crippen molar-refractivity contribution in [1.29, 1.82) is 0 Å². The molecule has 1 heterocycles. The summed E-state index contributed by atoms with van der Waals surface area (Å²) in [5.41, 5.74) is 5.99. The average Bonchev–Trinajstić information content (AvgIpc) is 2.75. The number of hydrogen-bond donors (Lipinski definition) is 1. The average molecular weight is 278 g/mol. The van der Waals surface area contributed by atoms with E-state index in [9.17, 15) is 14.5 Å². The van der Waals surface area contributed by atoms with E-state index in [2.05, 4.69) is 4.98 Å². The van der Waals surface area contributed by atoms with Crippen LogP contribution in [0, 0.1) is 15.9 Å². The minimum absolute atomic E-state index is 0.0435. The SMILES string of the molecule is CC(N)Cc1nccn1Cc1cc(F)cc([N+](=O)[O-])c1. The Kier molecular flexibility index (Phi) is 4.09. The minimum Gasteiger partial charge on any atom is -0.330 e. The first-order valence-electron chi connectivity index (χ1n) is 6.15. The van der Waals surface area contributed by atoms with Crippen molar-refractivity contribution in [3.63, 3.8) is 0 Å². The highest BCUT2D eigenvalue weighted by atomic mass is 19.1. The zero-order valence-corrected chi connectivity index (χ0v) is 11.0. The summed E-state index contributed by atoms with van der Waals surface area (Å²) in [6.07, 6.45) is 3.96. The molecule has 0 aliphatic carbocycles. The molecule has 0 bridgehead atoms. The third kappa shape index (κ3) is 3.39. The number of halogens is 1. The lowest BCUT2D eigenvalue weighted by Gasteiger charge is -2.10. The van der Waals surface area contributed by atoms with E-state index in [-0.39, 0.29) is 11.7 Å². The number of benzene rings is 1. The Labute approximate surface area is 115 Å². The van der Waals surface area contributed by atoms with Crippen molar-refractivity contribution in [2.75, 3.05) is 0 Å². The van der Waals surface area contributed by atoms with Crippen LogP contribution in [0.15, 0.2) is 30.6 Å². The summed E-state index contributed by atoms with van der Waals surface area (Å²) in [7, 11) is 0. The van der Waals surface area contributed by atoms with Crippen LogP contribution in [-0.4, -0.2) is 20.5 Å². The number of rotatable bonds is 5. The number of aromatic nitrogens is 2. The van der Waals surface area contributed by atoms with Gasteiger partial charge >= 0.3 is 0 Å². The maximum Gasteiger partial charge on any atom is 0.272 e. The highest BCUT2D eigenvalue weighted by Gasteiger charge is 2.12. The number of nitrogens with zero attached hydrogens (tertiary/aromatic N) is 3. The van der Waals surface area contributed by atoms with Crippen molar-refractivity contribution in [3.05, 3.63) is 57.9 Å². The number of nitrogens with two attached hydrogens (primary N) is 1. The van der Waals surface area contributed by atoms with Gasteiger partial charge in [-0.3, -0.25) is 10.1 Å². The van der Waals surface area contributed by atoms with Crippen LogP contribution >= 0.6 is 0 Å². The Morgan fingerprint density at radius 1 is 1.50 bits per heavy atom. The fraction of sp³-hybridized carbons (Fsp3) is 0.308. The largest absolute Gasteiger partial charge is 0.330 e. The molecule has 20 heavy (non-hydrogen) atoms. The zero-order valence-electron chi connectivity index (χ0n) is 11.0. The molecule has 7 heteroatoms. The summed E-state index contributed by atoms with van der Waals surface area (Å²) in [5, 5.41) is 10.7. The molecule has 1 unspecified atom stereocenters. The minimum atomic E-state index is -0.622. The van der Waals surface area contributed by atoms with E-state index in [1.54, 1.807) is 12.4 Å². The molecule has 1 atom stereocenters. The number of nitro groups is 1. The lowest BCUT2D eigenvalue weighted by atomic mass is 10.2. The standard InChI is InChI=1S/C13H15FN4O2/c1-9(15)4-13-16-2-3-17(13)8-10-5-11(14)7-12(6-10)18(19)20/h2-3,5-7,9H,4,8,15H2,1H3. The van der Waals surface area contributed by atoms with Gasteiger partial charge in [0.05, 0.1) is 11.0 Å². The maximum absolute atomic E-state index is 13.4. The highest BCUT2D eigenvalue weighted by Crippen LogP contribution is 2.17. The summed E-state index contributed by atoms with van der Waals surface area (Å²) in [5.74, 6) is 0.148. The molecule has 106 valence electrons. The smallest absolute Gasteiger partial charge is 0.272 e. The van der Waals surface area contributed by atoms with Gasteiger partial charge in [-0.05, 0) is 18.6 Å². The Morgan fingerprint density at radius 3 is 2.90 bits per heavy atom. The molecule has 2 rings (SSSR count). The van der Waals surface area contributed by atoms with Crippen LogP contribution in [0.4, 0.5) is 10.1 Å². The molecule has 0 radical (unpaired) electrons. The van der Waals surface area contributed by atoms with Crippen LogP contribution in [-0.2, 0) is 13.0 Å². The topological polar surface area (TPSA) is 87.0 Å². The Hall–Kier alpha value is -2.28. The summed E-state index contributed by atoms with van der Waals surface area (Å²) in [6.45, 7) is 2.19. The summed E-state index contributed by atoms with van der Waals surface area (Å²) >= 11 is 0. The molecule has 0 aliphatic rings. The van der Waals surface area contributed by atoms with E-state index >= 15 is 0 Å². The molecule has 6 nitrogen and oxygen atoms in total. The zero-order chi connectivity index (χ0) is 14.7. The summed E-state index contributed by atoms with van der Waals surface area (Å²) in [4.78, 5) is 14.3. The lowest BCUT2D eigenvalue weighted by molar-refractivity contribution is -0.385. The monoisotopic (exact) mass is 278 g/mol. The second kappa shape index (κ2) is 5.79. The van der Waals surface area contributed by atoms with Crippen molar-refractivity contribution < 1.29 is 9.31 Å². The second-order valence-electron chi connectivity index (χ2n) is 4.73. The predicted octanol–water partition coefficient (Wildman–Crippen LogP) is 1.87. The van der Waals surface area contributed by atoms with E-state index in [4.69, 9.17) is 5.73 Å². The van der Waals surface area contributed by atoms with Crippen molar-refractivity contribution in [2.45, 2.75) is 25.9 Å². The molecule has 0 amide bonds. The number of hydrogen-bond acceptors (Lipinski definition) is 4. The van der Waals surface area contributed by atoms with Gasteiger partial charge in [-0.2, -0.15) is 0 Å². The van der Waals surface area contributed by atoms with Gasteiger partial charge in [0.15, 0.2) is 0 Å². The van der Waals surface area contributed by atoms with Gasteiger partial charge in [-0.1, -0.05) is 0 Å². The predicted molar refractivity (Wildman–Crippen MR) is 71.7 cm³/mol. The molecule has 1 aromatic carbocycles. The molecule has 0 fully saturated rings. The highest BCUT2D eigenvalue weighted by molar-refractivity contribution is 5.35. The first-order valence-corrected chi connectivity index (χ1v) is 6.15. The van der Waals surface area contributed by atoms with Crippen LogP contribution in [0.3, 0.4) is 0 Å². The van der Waals surface area contributed by atoms with Crippen LogP contribution in [0.1, 0.15) is 18.3 Å². The molecule has 2 N–H and O–H groups in total. The quantitative estimate of drug-likeness (QED) is 0.668. The van der Waals surface area contributed by atoms with Gasteiger partial charge in [0, 0.05) is 37.5 Å². The van der Waals surface area contributed by atoms with E-state index in [0.29, 0.717) is 18.5 Å². The number of nitro benzene ring substituents is 1. The molecular formula is C13H15FN4O2. The maximum atomic E-state index is 13.4. The Bertz CT molecular complexity index is 625. The summed E-state index contributed by atoms with van der Waals surface area (Å²) in [6, 6.07) is 3.50. The van der Waals surface area contributed by atoms with Crippen molar-refractivity contribution >= 4 is 5.69 Å². The first-order chi connectivity index (χ1) is 9.45. The van der Waals surface area contributed by atoms with Crippen molar-refractivity contribution in [3.8, 4) is 0 Å². The van der Waals surface area contributed by atoms with Gasteiger partial charge in [-0.15, -0.1) is 0 Å². The van der Waals surface area contributed by atoms with Gasteiger partial charge < -0.3 is 10.3 Å². The van der Waals surface area contributed by atoms with E-state index in [1.807, 2.05) is 11.5 Å². The normalized spacial score (nSPS) is 12.3. The number of non-ortho nitro benzene ring substituents is 1. The lowest BCUT2D eigenvalue weighted by Crippen LogP contribution is -2.20. The second-order valence-corrected chi connectivity index (χ2v) is 4.73. The van der Waals surface area contributed by atoms with E-state index in [0.717, 1.165) is 11.9 Å². The molecule has 1 aromatic heterocycles. The van der Waals surface area contributed by atoms with E-state index < -0.39 is 10.7 Å². The molecule has 0 aliphatic heterocycles. The van der Waals surface area contributed by atoms with Gasteiger partial charge in [0.2, 0.25) is 0 Å². The third-order valence-corrected chi connectivity index (χ3v) is 2.81. The van der Waals surface area contributed by atoms with Crippen molar-refractivity contribution in [1.82, 2.24) is 9.55 Å². The van der Waals surface area contributed by atoms with Crippen LogP contribution in [0.25, 0.3) is 0 Å². The molecule has 0 saturated heterocycles. The molecule has 2 aromatic rings. The Balaban J connectivity index is 2.26. The van der Waals surface area contributed by atoms with Crippen LogP contribution in [0.2, 0.25) is 0 Å². The summed E-state index contributed by atoms with van der Waals surface area (Å²) < 4.78 is 15.2. The number of imidazole rings is 1. The van der Waals surface area contributed by atoms with Gasteiger partial charge in [0.25, 0.3) is 5.69 Å². The Morgan fingerprint density at radius 2 is 2.25 bits per heavy atom. The molecule has 0 saturated carbocycles. The molecular weight excluding hydrogens is 263 g/mol. The first kappa shape index (κ1) is 14.1. The fourth-order valence-electron chi connectivity index (χ4n) is 1.99. The third-order valence-electron chi connectivity index (χ3n) is 2.81. The van der Waals surface area contributed by atoms with Crippen molar-refractivity contribution in [2.24, 2.45) is 5.73 Å². The van der Waals surface area contributed by atoms with E-state index in [1.165, 1.54) is 12.1 Å². The van der Waals surface area contributed by atoms with Crippen LogP contribution < -0.4 is 5.73 Å². The fourth-order valence-corrected chi connectivity index (χ4v) is 1.99. The van der Waals surface area contributed by atoms with Gasteiger partial charge in [-0.25, -0.2) is 9.37 Å². The molecule has 0 spiro atoms.